The smallest absolute Gasteiger partial charge is 0.224 e. The normalized spacial score (nSPS) is 18.2. The van der Waals surface area contributed by atoms with Crippen molar-refractivity contribution in [1.82, 2.24) is 24.8 Å². The second-order valence-corrected chi connectivity index (χ2v) is 6.74. The fourth-order valence-corrected chi connectivity index (χ4v) is 3.47. The highest BCUT2D eigenvalue weighted by Crippen LogP contribution is 2.24. The van der Waals surface area contributed by atoms with Crippen LogP contribution in [-0.2, 0) is 0 Å². The summed E-state index contributed by atoms with van der Waals surface area (Å²) in [5, 5.41) is 8.57. The molecule has 1 atom stereocenters. The molecule has 0 spiro atoms. The Morgan fingerprint density at radius 1 is 1.33 bits per heavy atom. The molecule has 2 heterocycles. The number of benzene rings is 1. The average Bonchev–Trinajstić information content (AvgIpc) is 2.94. The molecular weight excluding hydrogens is 332 g/mol. The first-order valence-electron chi connectivity index (χ1n) is 7.81. The summed E-state index contributed by atoms with van der Waals surface area (Å²) < 4.78 is 30.2. The standard InChI is InChI=1S/C16H19F2N5S/c1-10-15(13-6-5-11(17)8-14(13)18)21-22-16(20-10)24-19-9-12-4-3-7-23(12)2/h5-6,8,12,19H,3-4,7,9H2,1-2H3. The Morgan fingerprint density at radius 3 is 2.83 bits per heavy atom. The number of halogens is 2. The average molecular weight is 351 g/mol. The van der Waals surface area contributed by atoms with E-state index in [9.17, 15) is 8.78 Å². The molecule has 1 saturated heterocycles. The van der Waals surface area contributed by atoms with E-state index in [4.69, 9.17) is 0 Å². The van der Waals surface area contributed by atoms with Gasteiger partial charge in [-0.15, -0.1) is 10.2 Å². The van der Waals surface area contributed by atoms with Gasteiger partial charge in [-0.25, -0.2) is 13.8 Å². The molecule has 5 nitrogen and oxygen atoms in total. The van der Waals surface area contributed by atoms with Gasteiger partial charge >= 0.3 is 0 Å². The summed E-state index contributed by atoms with van der Waals surface area (Å²) in [5.41, 5.74) is 1.08. The molecular formula is C16H19F2N5S. The number of rotatable bonds is 5. The fraction of sp³-hybridized carbons (Fsp3) is 0.438. The van der Waals surface area contributed by atoms with E-state index in [1.165, 1.54) is 36.9 Å². The van der Waals surface area contributed by atoms with Crippen LogP contribution in [0.2, 0.25) is 0 Å². The van der Waals surface area contributed by atoms with E-state index in [1.54, 1.807) is 6.92 Å². The summed E-state index contributed by atoms with van der Waals surface area (Å²) in [6.45, 7) is 3.71. The second kappa shape index (κ2) is 7.50. The zero-order chi connectivity index (χ0) is 17.1. The molecule has 0 aliphatic carbocycles. The van der Waals surface area contributed by atoms with Crippen LogP contribution in [0.5, 0.6) is 0 Å². The summed E-state index contributed by atoms with van der Waals surface area (Å²) in [6, 6.07) is 3.91. The van der Waals surface area contributed by atoms with E-state index >= 15 is 0 Å². The Bertz CT molecular complexity index is 728. The maximum atomic E-state index is 13.9. The van der Waals surface area contributed by atoms with Gasteiger partial charge in [-0.3, -0.25) is 4.72 Å². The quantitative estimate of drug-likeness (QED) is 0.836. The third-order valence-corrected chi connectivity index (χ3v) is 4.85. The molecule has 128 valence electrons. The van der Waals surface area contributed by atoms with E-state index in [0.29, 0.717) is 22.6 Å². The van der Waals surface area contributed by atoms with Crippen molar-refractivity contribution in [3.05, 3.63) is 35.5 Å². The van der Waals surface area contributed by atoms with Gasteiger partial charge in [0.15, 0.2) is 0 Å². The first-order valence-corrected chi connectivity index (χ1v) is 8.63. The number of aryl methyl sites for hydroxylation is 1. The summed E-state index contributed by atoms with van der Waals surface area (Å²) in [4.78, 5) is 6.68. The van der Waals surface area contributed by atoms with Gasteiger partial charge in [-0.1, -0.05) is 0 Å². The summed E-state index contributed by atoms with van der Waals surface area (Å²) in [5.74, 6) is -1.29. The molecule has 0 saturated carbocycles. The third-order valence-electron chi connectivity index (χ3n) is 4.18. The van der Waals surface area contributed by atoms with Gasteiger partial charge in [0, 0.05) is 24.2 Å². The van der Waals surface area contributed by atoms with Gasteiger partial charge in [0.2, 0.25) is 5.16 Å². The van der Waals surface area contributed by atoms with Crippen molar-refractivity contribution in [2.24, 2.45) is 0 Å². The SMILES string of the molecule is Cc1nc(SNCC2CCCN2C)nnc1-c1ccc(F)cc1F. The Morgan fingerprint density at radius 2 is 2.17 bits per heavy atom. The van der Waals surface area contributed by atoms with E-state index in [0.717, 1.165) is 19.2 Å². The summed E-state index contributed by atoms with van der Waals surface area (Å²) >= 11 is 1.32. The van der Waals surface area contributed by atoms with Crippen molar-refractivity contribution in [3.8, 4) is 11.3 Å². The van der Waals surface area contributed by atoms with Crippen molar-refractivity contribution in [1.29, 1.82) is 0 Å². The van der Waals surface area contributed by atoms with Gasteiger partial charge in [0.05, 0.1) is 5.69 Å². The lowest BCUT2D eigenvalue weighted by Gasteiger charge is -2.18. The first kappa shape index (κ1) is 17.2. The van der Waals surface area contributed by atoms with E-state index < -0.39 is 11.6 Å². The van der Waals surface area contributed by atoms with Crippen LogP contribution in [0.4, 0.5) is 8.78 Å². The minimum Gasteiger partial charge on any atom is -0.302 e. The van der Waals surface area contributed by atoms with Crippen molar-refractivity contribution < 1.29 is 8.78 Å². The van der Waals surface area contributed by atoms with Crippen LogP contribution in [0.3, 0.4) is 0 Å². The molecule has 1 aromatic carbocycles. The van der Waals surface area contributed by atoms with Crippen molar-refractivity contribution in [3.63, 3.8) is 0 Å². The summed E-state index contributed by atoms with van der Waals surface area (Å²) in [6.07, 6.45) is 2.41. The molecule has 0 radical (unpaired) electrons. The maximum Gasteiger partial charge on any atom is 0.224 e. The molecule has 2 aromatic rings. The number of hydrogen-bond donors (Lipinski definition) is 1. The van der Waals surface area contributed by atoms with E-state index in [2.05, 4.69) is 31.9 Å². The fourth-order valence-electron chi connectivity index (χ4n) is 2.80. The Kier molecular flexibility index (Phi) is 5.37. The highest BCUT2D eigenvalue weighted by atomic mass is 32.2. The van der Waals surface area contributed by atoms with Crippen LogP contribution in [-0.4, -0.2) is 46.3 Å². The van der Waals surface area contributed by atoms with Gasteiger partial charge in [-0.2, -0.15) is 0 Å². The lowest BCUT2D eigenvalue weighted by atomic mass is 10.1. The molecule has 1 fully saturated rings. The lowest BCUT2D eigenvalue weighted by molar-refractivity contribution is 0.312. The zero-order valence-electron chi connectivity index (χ0n) is 13.6. The molecule has 1 aliphatic heterocycles. The van der Waals surface area contributed by atoms with Gasteiger partial charge < -0.3 is 4.90 Å². The number of nitrogens with one attached hydrogen (secondary N) is 1. The lowest BCUT2D eigenvalue weighted by Crippen LogP contribution is -2.33. The number of nitrogens with zero attached hydrogens (tertiary/aromatic N) is 4. The van der Waals surface area contributed by atoms with Crippen LogP contribution >= 0.6 is 11.9 Å². The number of likely N-dealkylation sites (N-methyl/N-ethyl adjacent to an activating group) is 1. The van der Waals surface area contributed by atoms with Gasteiger partial charge in [0.1, 0.15) is 17.3 Å². The van der Waals surface area contributed by atoms with E-state index in [-0.39, 0.29) is 5.56 Å². The molecule has 3 rings (SSSR count). The maximum absolute atomic E-state index is 13.9. The van der Waals surface area contributed by atoms with Gasteiger partial charge in [0.25, 0.3) is 0 Å². The number of likely N-dealkylation sites (tertiary alicyclic amines) is 1. The minimum absolute atomic E-state index is 0.200. The number of hydrogen-bond acceptors (Lipinski definition) is 6. The van der Waals surface area contributed by atoms with Gasteiger partial charge in [-0.05, 0) is 57.4 Å². The molecule has 1 aliphatic rings. The van der Waals surface area contributed by atoms with Crippen LogP contribution in [0.1, 0.15) is 18.5 Å². The predicted molar refractivity (Wildman–Crippen MR) is 89.4 cm³/mol. The summed E-state index contributed by atoms with van der Waals surface area (Å²) in [7, 11) is 2.12. The van der Waals surface area contributed by atoms with Crippen LogP contribution in [0, 0.1) is 18.6 Å². The van der Waals surface area contributed by atoms with Crippen molar-refractivity contribution >= 4 is 11.9 Å². The highest BCUT2D eigenvalue weighted by Gasteiger charge is 2.20. The molecule has 1 N–H and O–H groups in total. The van der Waals surface area contributed by atoms with Crippen LogP contribution < -0.4 is 4.72 Å². The number of aromatic nitrogens is 3. The topological polar surface area (TPSA) is 53.9 Å². The monoisotopic (exact) mass is 351 g/mol. The van der Waals surface area contributed by atoms with Crippen molar-refractivity contribution in [2.45, 2.75) is 31.0 Å². The molecule has 8 heteroatoms. The van der Waals surface area contributed by atoms with Crippen LogP contribution in [0.15, 0.2) is 23.4 Å². The zero-order valence-corrected chi connectivity index (χ0v) is 14.4. The van der Waals surface area contributed by atoms with Crippen LogP contribution in [0.25, 0.3) is 11.3 Å². The Hall–Kier alpha value is -1.64. The third kappa shape index (κ3) is 3.88. The van der Waals surface area contributed by atoms with E-state index in [1.807, 2.05) is 0 Å². The molecule has 0 amide bonds. The van der Waals surface area contributed by atoms with Crippen molar-refractivity contribution in [2.75, 3.05) is 20.1 Å². The Labute approximate surface area is 144 Å². The highest BCUT2D eigenvalue weighted by molar-refractivity contribution is 7.97. The molecule has 0 bridgehead atoms. The predicted octanol–water partition coefficient (Wildman–Crippen LogP) is 2.82. The molecule has 1 unspecified atom stereocenters. The first-order chi connectivity index (χ1) is 11.5. The molecule has 1 aromatic heterocycles. The molecule has 24 heavy (non-hydrogen) atoms. The Balaban J connectivity index is 1.66. The largest absolute Gasteiger partial charge is 0.302 e. The minimum atomic E-state index is -0.669. The second-order valence-electron chi connectivity index (χ2n) is 5.88.